The van der Waals surface area contributed by atoms with Gasteiger partial charge in [0.15, 0.2) is 0 Å². The van der Waals surface area contributed by atoms with E-state index in [4.69, 9.17) is 0 Å². The van der Waals surface area contributed by atoms with Crippen LogP contribution < -0.4 is 0 Å². The zero-order valence-corrected chi connectivity index (χ0v) is 21.5. The first-order chi connectivity index (χ1) is 18.6. The van der Waals surface area contributed by atoms with Gasteiger partial charge in [-0.25, -0.2) is 0 Å². The summed E-state index contributed by atoms with van der Waals surface area (Å²) in [4.78, 5) is 46.2. The Bertz CT molecular complexity index is 1290. The van der Waals surface area contributed by atoms with Crippen LogP contribution in [0.4, 0.5) is 0 Å². The van der Waals surface area contributed by atoms with Crippen molar-refractivity contribution >= 4 is 17.7 Å². The Kier molecular flexibility index (Phi) is 5.68. The summed E-state index contributed by atoms with van der Waals surface area (Å²) in [5.74, 6) is -1.70. The summed E-state index contributed by atoms with van der Waals surface area (Å²) >= 11 is 0. The molecule has 5 aliphatic rings. The van der Waals surface area contributed by atoms with E-state index in [2.05, 4.69) is 24.3 Å². The number of nitrogens with zero attached hydrogens (tertiary/aromatic N) is 2. The first kappa shape index (κ1) is 23.4. The Hall–Kier alpha value is -3.73. The van der Waals surface area contributed by atoms with Crippen molar-refractivity contribution in [3.8, 4) is 0 Å². The number of hydrogen-bond acceptors (Lipinski definition) is 3. The van der Waals surface area contributed by atoms with E-state index in [1.807, 2.05) is 59.5 Å². The molecule has 192 valence electrons. The van der Waals surface area contributed by atoms with Gasteiger partial charge in [0.1, 0.15) is 6.04 Å². The number of carbonyl (C=O) groups is 3. The van der Waals surface area contributed by atoms with E-state index in [1.165, 1.54) is 4.90 Å². The smallest absolute Gasteiger partial charge is 0.246 e. The van der Waals surface area contributed by atoms with Crippen LogP contribution >= 0.6 is 0 Å². The number of rotatable bonds is 4. The zero-order valence-electron chi connectivity index (χ0n) is 21.5. The van der Waals surface area contributed by atoms with Crippen LogP contribution in [-0.2, 0) is 20.8 Å². The van der Waals surface area contributed by atoms with Crippen molar-refractivity contribution in [1.29, 1.82) is 0 Å². The summed E-state index contributed by atoms with van der Waals surface area (Å²) in [5.41, 5.74) is 5.57. The van der Waals surface area contributed by atoms with Gasteiger partial charge in [-0.3, -0.25) is 19.3 Å². The molecular weight excluding hydrogens is 472 g/mol. The molecule has 0 aromatic heterocycles. The van der Waals surface area contributed by atoms with E-state index in [0.717, 1.165) is 53.5 Å². The second kappa shape index (κ2) is 9.23. The highest BCUT2D eigenvalue weighted by molar-refractivity contribution is 6.10. The standard InChI is InChI=1S/C33H32N2O3/c36-31(34-18-10-1-2-11-19-34)26(20-21-12-4-3-5-13-21)35-32(37)29-27-22-14-6-7-15-23(22)28(30(29)33(35)38)25-17-9-8-16-24(25)27/h3-9,12-17,26-30H,1-2,10-11,18-20H2/t26-,27?,28?,29-,30+/m1/s1. The minimum Gasteiger partial charge on any atom is -0.341 e. The Morgan fingerprint density at radius 3 is 1.58 bits per heavy atom. The molecule has 0 unspecified atom stereocenters. The highest BCUT2D eigenvalue weighted by Crippen LogP contribution is 2.61. The Morgan fingerprint density at radius 1 is 0.658 bits per heavy atom. The van der Waals surface area contributed by atoms with Crippen molar-refractivity contribution in [2.24, 2.45) is 11.8 Å². The minimum atomic E-state index is -0.813. The van der Waals surface area contributed by atoms with E-state index < -0.39 is 17.9 Å². The van der Waals surface area contributed by atoms with Crippen molar-refractivity contribution in [1.82, 2.24) is 9.80 Å². The number of carbonyl (C=O) groups excluding carboxylic acids is 3. The fourth-order valence-corrected chi connectivity index (χ4v) is 7.64. The predicted octanol–water partition coefficient (Wildman–Crippen LogP) is 4.89. The van der Waals surface area contributed by atoms with E-state index in [9.17, 15) is 14.4 Å². The first-order valence-corrected chi connectivity index (χ1v) is 14.0. The lowest BCUT2D eigenvalue weighted by molar-refractivity contribution is -0.151. The van der Waals surface area contributed by atoms with Gasteiger partial charge in [0, 0.05) is 31.3 Å². The second-order valence-corrected chi connectivity index (χ2v) is 11.3. The van der Waals surface area contributed by atoms with Crippen LogP contribution in [0.25, 0.3) is 0 Å². The van der Waals surface area contributed by atoms with Gasteiger partial charge in [-0.1, -0.05) is 91.7 Å². The maximum absolute atomic E-state index is 14.4. The zero-order chi connectivity index (χ0) is 25.8. The maximum Gasteiger partial charge on any atom is 0.246 e. The van der Waals surface area contributed by atoms with E-state index >= 15 is 0 Å². The van der Waals surface area contributed by atoms with Gasteiger partial charge < -0.3 is 4.90 Å². The second-order valence-electron chi connectivity index (χ2n) is 11.3. The van der Waals surface area contributed by atoms with Gasteiger partial charge in [-0.05, 0) is 40.7 Å². The number of imide groups is 1. The first-order valence-electron chi connectivity index (χ1n) is 14.0. The molecule has 0 radical (unpaired) electrons. The van der Waals surface area contributed by atoms with E-state index in [-0.39, 0.29) is 29.6 Å². The van der Waals surface area contributed by atoms with Gasteiger partial charge in [-0.2, -0.15) is 0 Å². The summed E-state index contributed by atoms with van der Waals surface area (Å²) in [6.07, 6.45) is 4.50. The monoisotopic (exact) mass is 504 g/mol. The summed E-state index contributed by atoms with van der Waals surface area (Å²) < 4.78 is 0. The molecule has 38 heavy (non-hydrogen) atoms. The molecule has 0 saturated carbocycles. The SMILES string of the molecule is O=C([C@@H](Cc1ccccc1)N1C(=O)[C@@H]2C3c4ccccc4C(c4ccccc43)[C@@H]2C1=O)N1CCCCCC1. The van der Waals surface area contributed by atoms with E-state index in [0.29, 0.717) is 19.5 Å². The molecule has 2 bridgehead atoms. The molecule has 0 spiro atoms. The molecule has 2 saturated heterocycles. The van der Waals surface area contributed by atoms with E-state index in [1.54, 1.807) is 0 Å². The van der Waals surface area contributed by atoms with Crippen molar-refractivity contribution in [2.75, 3.05) is 13.1 Å². The fourth-order valence-electron chi connectivity index (χ4n) is 7.64. The fraction of sp³-hybridized carbons (Fsp3) is 0.364. The number of likely N-dealkylation sites (tertiary alicyclic amines) is 2. The molecule has 3 aromatic carbocycles. The third kappa shape index (κ3) is 3.48. The van der Waals surface area contributed by atoms with Gasteiger partial charge in [0.2, 0.25) is 17.7 Å². The van der Waals surface area contributed by atoms with Crippen molar-refractivity contribution < 1.29 is 14.4 Å². The largest absolute Gasteiger partial charge is 0.341 e. The van der Waals surface area contributed by atoms with Crippen LogP contribution in [-0.4, -0.2) is 46.7 Å². The lowest BCUT2D eigenvalue weighted by atomic mass is 9.55. The quantitative estimate of drug-likeness (QED) is 0.476. The molecule has 3 aromatic rings. The molecule has 3 amide bonds. The molecule has 0 N–H and O–H groups in total. The molecule has 2 heterocycles. The van der Waals surface area contributed by atoms with Crippen molar-refractivity contribution in [2.45, 2.75) is 50.0 Å². The molecule has 2 fully saturated rings. The highest BCUT2D eigenvalue weighted by Gasteiger charge is 2.63. The third-order valence-corrected chi connectivity index (χ3v) is 9.27. The average molecular weight is 505 g/mol. The van der Waals surface area contributed by atoms with Crippen LogP contribution in [0.2, 0.25) is 0 Å². The molecule has 8 rings (SSSR count). The van der Waals surface area contributed by atoms with Crippen molar-refractivity contribution in [3.05, 3.63) is 107 Å². The highest BCUT2D eigenvalue weighted by atomic mass is 16.2. The predicted molar refractivity (Wildman–Crippen MR) is 144 cm³/mol. The normalized spacial score (nSPS) is 26.4. The summed E-state index contributed by atoms with van der Waals surface area (Å²) in [6.45, 7) is 1.38. The van der Waals surface area contributed by atoms with Crippen molar-refractivity contribution in [3.63, 3.8) is 0 Å². The molecule has 3 atom stereocenters. The topological polar surface area (TPSA) is 57.7 Å². The van der Waals surface area contributed by atoms with Gasteiger partial charge in [0.25, 0.3) is 0 Å². The van der Waals surface area contributed by atoms with Crippen LogP contribution in [0.5, 0.6) is 0 Å². The summed E-state index contributed by atoms with van der Waals surface area (Å²) in [5, 5.41) is 0. The molecule has 5 nitrogen and oxygen atoms in total. The maximum atomic E-state index is 14.4. The van der Waals surface area contributed by atoms with Gasteiger partial charge in [-0.15, -0.1) is 0 Å². The Morgan fingerprint density at radius 2 is 1.11 bits per heavy atom. The Labute approximate surface area is 223 Å². The van der Waals surface area contributed by atoms with Crippen LogP contribution in [0.1, 0.15) is 65.3 Å². The van der Waals surface area contributed by atoms with Gasteiger partial charge in [0.05, 0.1) is 11.8 Å². The lowest BCUT2D eigenvalue weighted by Crippen LogP contribution is -2.52. The molecule has 3 aliphatic carbocycles. The van der Waals surface area contributed by atoms with Crippen LogP contribution in [0, 0.1) is 11.8 Å². The van der Waals surface area contributed by atoms with Gasteiger partial charge >= 0.3 is 0 Å². The summed E-state index contributed by atoms with van der Waals surface area (Å²) in [6, 6.07) is 25.6. The van der Waals surface area contributed by atoms with Crippen LogP contribution in [0.3, 0.4) is 0 Å². The Balaban J connectivity index is 1.32. The molecule has 5 heteroatoms. The minimum absolute atomic E-state index is 0.0847. The molecule has 2 aliphatic heterocycles. The lowest BCUT2D eigenvalue weighted by Gasteiger charge is -2.45. The number of hydrogen-bond donors (Lipinski definition) is 0. The molecular formula is C33H32N2O3. The number of amides is 3. The summed E-state index contributed by atoms with van der Waals surface area (Å²) in [7, 11) is 0. The third-order valence-electron chi connectivity index (χ3n) is 9.27. The average Bonchev–Trinajstić information content (AvgIpc) is 3.12. The van der Waals surface area contributed by atoms with Crippen LogP contribution in [0.15, 0.2) is 78.9 Å². The number of benzene rings is 3.